The molecule has 0 saturated heterocycles. The zero-order valence-electron chi connectivity index (χ0n) is 14.3. The minimum Gasteiger partial charge on any atom is -0.346 e. The number of nitrogens with two attached hydrogens (primary N) is 1. The second-order valence-corrected chi connectivity index (χ2v) is 5.78. The van der Waals surface area contributed by atoms with Crippen molar-refractivity contribution in [3.8, 4) is 0 Å². The highest BCUT2D eigenvalue weighted by Gasteiger charge is 2.18. The SMILES string of the molecule is CC(C)[C@H](N)C(=O)NCC(=O)Nc1ccccc1C(=O)N(C)C.Cl. The number of hydrogen-bond donors (Lipinski definition) is 3. The zero-order chi connectivity index (χ0) is 17.6. The molecule has 7 nitrogen and oxygen atoms in total. The number of amides is 3. The Morgan fingerprint density at radius 3 is 2.29 bits per heavy atom. The van der Waals surface area contributed by atoms with E-state index in [1.165, 1.54) is 4.90 Å². The Morgan fingerprint density at radius 1 is 1.17 bits per heavy atom. The number of benzene rings is 1. The molecule has 0 aliphatic carbocycles. The highest BCUT2D eigenvalue weighted by Crippen LogP contribution is 2.16. The van der Waals surface area contributed by atoms with Gasteiger partial charge < -0.3 is 21.3 Å². The Bertz CT molecular complexity index is 590. The topological polar surface area (TPSA) is 105 Å². The first kappa shape index (κ1) is 21.9. The molecule has 0 spiro atoms. The fourth-order valence-corrected chi connectivity index (χ4v) is 1.80. The van der Waals surface area contributed by atoms with Gasteiger partial charge in [0.05, 0.1) is 23.8 Å². The minimum absolute atomic E-state index is 0. The molecule has 0 bridgehead atoms. The van der Waals surface area contributed by atoms with Gasteiger partial charge in [0.15, 0.2) is 0 Å². The molecule has 1 atom stereocenters. The predicted octanol–water partition coefficient (Wildman–Crippen LogP) is 0.848. The number of rotatable bonds is 6. The average Bonchev–Trinajstić information content (AvgIpc) is 2.51. The first-order chi connectivity index (χ1) is 10.7. The standard InChI is InChI=1S/C16H24N4O3.ClH/c1-10(2)14(17)15(22)18-9-13(21)19-12-8-6-5-7-11(12)16(23)20(3)4;/h5-8,10,14H,9,17H2,1-4H3,(H,18,22)(H,19,21);1H/t14-;/m0./s1. The first-order valence-corrected chi connectivity index (χ1v) is 7.37. The number of hydrogen-bond acceptors (Lipinski definition) is 4. The van der Waals surface area contributed by atoms with E-state index in [9.17, 15) is 14.4 Å². The number of nitrogens with one attached hydrogen (secondary N) is 2. The highest BCUT2D eigenvalue weighted by molar-refractivity contribution is 6.04. The van der Waals surface area contributed by atoms with Gasteiger partial charge in [0, 0.05) is 14.1 Å². The summed E-state index contributed by atoms with van der Waals surface area (Å²) in [5.74, 6) is -1.04. The summed E-state index contributed by atoms with van der Waals surface area (Å²) in [6.45, 7) is 3.45. The van der Waals surface area contributed by atoms with Gasteiger partial charge in [-0.25, -0.2) is 0 Å². The average molecular weight is 357 g/mol. The van der Waals surface area contributed by atoms with E-state index >= 15 is 0 Å². The summed E-state index contributed by atoms with van der Waals surface area (Å²) in [6.07, 6.45) is 0. The molecule has 0 heterocycles. The summed E-state index contributed by atoms with van der Waals surface area (Å²) >= 11 is 0. The highest BCUT2D eigenvalue weighted by atomic mass is 35.5. The molecule has 1 aromatic rings. The van der Waals surface area contributed by atoms with Crippen LogP contribution in [-0.2, 0) is 9.59 Å². The van der Waals surface area contributed by atoms with Crippen LogP contribution in [0.1, 0.15) is 24.2 Å². The van der Waals surface area contributed by atoms with E-state index in [4.69, 9.17) is 5.73 Å². The number of carbonyl (C=O) groups is 3. The van der Waals surface area contributed by atoms with Crippen LogP contribution >= 0.6 is 12.4 Å². The number of anilines is 1. The third-order valence-electron chi connectivity index (χ3n) is 3.28. The molecular weight excluding hydrogens is 332 g/mol. The predicted molar refractivity (Wildman–Crippen MR) is 96.2 cm³/mol. The normalized spacial score (nSPS) is 11.2. The molecule has 0 aromatic heterocycles. The molecule has 0 unspecified atom stereocenters. The molecule has 0 radical (unpaired) electrons. The van der Waals surface area contributed by atoms with E-state index in [0.29, 0.717) is 11.3 Å². The van der Waals surface area contributed by atoms with Crippen molar-refractivity contribution in [3.63, 3.8) is 0 Å². The summed E-state index contributed by atoms with van der Waals surface area (Å²) in [5.41, 5.74) is 6.49. The van der Waals surface area contributed by atoms with Gasteiger partial charge in [-0.2, -0.15) is 0 Å². The number of para-hydroxylation sites is 1. The molecule has 0 saturated carbocycles. The smallest absolute Gasteiger partial charge is 0.255 e. The molecule has 134 valence electrons. The van der Waals surface area contributed by atoms with Gasteiger partial charge in [-0.1, -0.05) is 26.0 Å². The Balaban J connectivity index is 0.00000529. The Labute approximate surface area is 148 Å². The van der Waals surface area contributed by atoms with Crippen molar-refractivity contribution in [3.05, 3.63) is 29.8 Å². The molecule has 0 aliphatic rings. The van der Waals surface area contributed by atoms with Gasteiger partial charge in [-0.3, -0.25) is 14.4 Å². The van der Waals surface area contributed by atoms with Crippen LogP contribution in [0.4, 0.5) is 5.69 Å². The Hall–Kier alpha value is -2.12. The lowest BCUT2D eigenvalue weighted by molar-refractivity contribution is -0.125. The van der Waals surface area contributed by atoms with Gasteiger partial charge in [0.2, 0.25) is 11.8 Å². The molecule has 1 rings (SSSR count). The van der Waals surface area contributed by atoms with E-state index in [2.05, 4.69) is 10.6 Å². The third-order valence-corrected chi connectivity index (χ3v) is 3.28. The van der Waals surface area contributed by atoms with E-state index in [0.717, 1.165) is 0 Å². The summed E-state index contributed by atoms with van der Waals surface area (Å²) in [7, 11) is 3.27. The van der Waals surface area contributed by atoms with Crippen LogP contribution in [0.3, 0.4) is 0 Å². The quantitative estimate of drug-likeness (QED) is 0.702. The minimum atomic E-state index is -0.662. The van der Waals surface area contributed by atoms with Gasteiger partial charge in [0.1, 0.15) is 0 Å². The molecule has 0 aliphatic heterocycles. The van der Waals surface area contributed by atoms with Crippen molar-refractivity contribution in [1.82, 2.24) is 10.2 Å². The third kappa shape index (κ3) is 6.17. The summed E-state index contributed by atoms with van der Waals surface area (Å²) in [4.78, 5) is 37.2. The maximum absolute atomic E-state index is 12.1. The van der Waals surface area contributed by atoms with Crippen LogP contribution in [0.15, 0.2) is 24.3 Å². The molecule has 3 amide bonds. The summed E-state index contributed by atoms with van der Waals surface area (Å²) in [6, 6.07) is 6.04. The van der Waals surface area contributed by atoms with Gasteiger partial charge in [-0.15, -0.1) is 12.4 Å². The molecule has 1 aromatic carbocycles. The fraction of sp³-hybridized carbons (Fsp3) is 0.438. The van der Waals surface area contributed by atoms with E-state index in [1.807, 2.05) is 13.8 Å². The van der Waals surface area contributed by atoms with E-state index in [-0.39, 0.29) is 36.7 Å². The van der Waals surface area contributed by atoms with Crippen molar-refractivity contribution >= 4 is 35.8 Å². The molecular formula is C16H25ClN4O3. The number of carbonyl (C=O) groups excluding carboxylic acids is 3. The Morgan fingerprint density at radius 2 is 1.75 bits per heavy atom. The lowest BCUT2D eigenvalue weighted by Gasteiger charge is -2.16. The second kappa shape index (κ2) is 9.89. The molecule has 24 heavy (non-hydrogen) atoms. The van der Waals surface area contributed by atoms with Crippen molar-refractivity contribution in [2.75, 3.05) is 26.0 Å². The van der Waals surface area contributed by atoms with Crippen LogP contribution in [-0.4, -0.2) is 49.3 Å². The van der Waals surface area contributed by atoms with Crippen molar-refractivity contribution < 1.29 is 14.4 Å². The van der Waals surface area contributed by atoms with Crippen LogP contribution < -0.4 is 16.4 Å². The number of halogens is 1. The van der Waals surface area contributed by atoms with Gasteiger partial charge in [0.25, 0.3) is 5.91 Å². The Kier molecular flexibility index (Phi) is 9.02. The van der Waals surface area contributed by atoms with E-state index in [1.54, 1.807) is 38.4 Å². The lowest BCUT2D eigenvalue weighted by Crippen LogP contribution is -2.46. The second-order valence-electron chi connectivity index (χ2n) is 5.78. The van der Waals surface area contributed by atoms with Crippen molar-refractivity contribution in [2.24, 2.45) is 11.7 Å². The van der Waals surface area contributed by atoms with Crippen LogP contribution in [0, 0.1) is 5.92 Å². The molecule has 0 fully saturated rings. The first-order valence-electron chi connectivity index (χ1n) is 7.37. The van der Waals surface area contributed by atoms with E-state index < -0.39 is 11.9 Å². The van der Waals surface area contributed by atoms with Crippen LogP contribution in [0.5, 0.6) is 0 Å². The lowest BCUT2D eigenvalue weighted by atomic mass is 10.1. The summed E-state index contributed by atoms with van der Waals surface area (Å²) < 4.78 is 0. The van der Waals surface area contributed by atoms with Crippen LogP contribution in [0.2, 0.25) is 0 Å². The maximum Gasteiger partial charge on any atom is 0.255 e. The van der Waals surface area contributed by atoms with Crippen molar-refractivity contribution in [1.29, 1.82) is 0 Å². The molecule has 8 heteroatoms. The summed E-state index contributed by atoms with van der Waals surface area (Å²) in [5, 5.41) is 5.11. The van der Waals surface area contributed by atoms with Crippen LogP contribution in [0.25, 0.3) is 0 Å². The zero-order valence-corrected chi connectivity index (χ0v) is 15.1. The monoisotopic (exact) mass is 356 g/mol. The fourth-order valence-electron chi connectivity index (χ4n) is 1.80. The van der Waals surface area contributed by atoms with Crippen molar-refractivity contribution in [2.45, 2.75) is 19.9 Å². The van der Waals surface area contributed by atoms with Gasteiger partial charge >= 0.3 is 0 Å². The largest absolute Gasteiger partial charge is 0.346 e. The number of nitrogens with zero attached hydrogens (tertiary/aromatic N) is 1. The molecule has 4 N–H and O–H groups in total. The maximum atomic E-state index is 12.1. The van der Waals surface area contributed by atoms with Gasteiger partial charge in [-0.05, 0) is 18.1 Å².